The number of carbonyl (C=O) groups excluding carboxylic acids is 4. The zero-order chi connectivity index (χ0) is 56.8. The Morgan fingerprint density at radius 2 is 0.556 bits per heavy atom. The van der Waals surface area contributed by atoms with E-state index in [9.17, 15) is 19.2 Å². The van der Waals surface area contributed by atoms with Crippen LogP contribution < -0.4 is 18.3 Å². The van der Waals surface area contributed by atoms with E-state index >= 15 is 0 Å². The van der Waals surface area contributed by atoms with Crippen molar-refractivity contribution in [1.29, 1.82) is 0 Å². The number of ether oxygens (including phenoxy) is 4. The Bertz CT molecular complexity index is 2880. The van der Waals surface area contributed by atoms with Crippen molar-refractivity contribution in [2.24, 2.45) is 5.41 Å². The van der Waals surface area contributed by atoms with Crippen molar-refractivity contribution >= 4 is 68.0 Å². The Balaban J connectivity index is 1.09. The first-order valence-electron chi connectivity index (χ1n) is 30.2. The highest BCUT2D eigenvalue weighted by Crippen LogP contribution is 2.24. The third kappa shape index (κ3) is 16.4. The largest absolute Gasteiger partial charge is 0.464 e. The average molecular weight is 1110 g/mol. The molecule has 0 saturated carbocycles. The van der Waals surface area contributed by atoms with E-state index in [0.717, 1.165) is 173 Å². The van der Waals surface area contributed by atoms with Gasteiger partial charge in [-0.25, -0.2) is 38.2 Å². The molecule has 0 spiro atoms. The van der Waals surface area contributed by atoms with Gasteiger partial charge < -0.3 is 18.9 Å². The van der Waals surface area contributed by atoms with Crippen LogP contribution in [0.2, 0.25) is 0 Å². The predicted octanol–water partition coefficient (Wildman–Crippen LogP) is 10.5. The molecule has 0 aliphatic carbocycles. The Labute approximate surface area is 476 Å². The first kappa shape index (κ1) is 59.8. The zero-order valence-corrected chi connectivity index (χ0v) is 48.6. The molecule has 4 aromatic carbocycles. The van der Waals surface area contributed by atoms with Crippen LogP contribution in [0.5, 0.6) is 0 Å². The number of rotatable bonds is 36. The van der Waals surface area contributed by atoms with Gasteiger partial charge in [0.15, 0.2) is 44.1 Å². The van der Waals surface area contributed by atoms with Crippen LogP contribution >= 0.6 is 0 Å². The quantitative estimate of drug-likeness (QED) is 0.0129. The molecule has 0 bridgehead atoms. The van der Waals surface area contributed by atoms with Crippen molar-refractivity contribution in [3.05, 3.63) is 120 Å². The summed E-state index contributed by atoms with van der Waals surface area (Å²) in [6.07, 6.45) is 16.5. The molecule has 0 unspecified atom stereocenters. The van der Waals surface area contributed by atoms with Gasteiger partial charge in [0.1, 0.15) is 57.5 Å². The number of aryl methyl sites for hydroxylation is 4. The number of hydrogen-bond donors (Lipinski definition) is 4. The number of imidazole rings is 4. The average Bonchev–Trinajstić information content (AvgIpc) is 4.22. The highest BCUT2D eigenvalue weighted by Gasteiger charge is 2.40. The smallest absolute Gasteiger partial charge is 0.318 e. The highest BCUT2D eigenvalue weighted by molar-refractivity contribution is 5.78. The molecule has 0 aliphatic rings. The fourth-order valence-electron chi connectivity index (χ4n) is 11.0. The van der Waals surface area contributed by atoms with Gasteiger partial charge >= 0.3 is 23.9 Å². The van der Waals surface area contributed by atoms with Gasteiger partial charge in [-0.3, -0.25) is 19.2 Å². The third-order valence-electron chi connectivity index (χ3n) is 15.5. The number of para-hydroxylation sites is 8. The lowest BCUT2D eigenvalue weighted by atomic mass is 9.92. The molecule has 432 valence electrons. The monoisotopic (exact) mass is 1110 g/mol. The minimum absolute atomic E-state index is 0.0895. The zero-order valence-electron chi connectivity index (χ0n) is 48.6. The van der Waals surface area contributed by atoms with Crippen LogP contribution in [-0.2, 0) is 90.0 Å². The van der Waals surface area contributed by atoms with Crippen LogP contribution in [0.15, 0.2) is 97.1 Å². The van der Waals surface area contributed by atoms with Crippen LogP contribution in [0, 0.1) is 5.41 Å². The molecule has 4 heterocycles. The SMILES string of the molecule is CCCCCC[n+]1c(CC(=O)OCC(COC(=O)Cc2[nH]c3ccccc3[n+]2CCCCCC)(COC(=O)Cc2[nH]c3ccccc3[n+]2CCCCCC)COC(=O)Cc2[nH]c3ccccc3[n+]2CCCCCC)[nH]c2ccccc21. The number of nitrogens with zero attached hydrogens (tertiary/aromatic N) is 4. The van der Waals surface area contributed by atoms with Gasteiger partial charge in [0.2, 0.25) is 0 Å². The molecule has 4 aromatic heterocycles. The number of carbonyl (C=O) groups is 4. The maximum atomic E-state index is 14.4. The number of H-pyrrole nitrogens is 4. The first-order valence-corrected chi connectivity index (χ1v) is 30.2. The molecule has 81 heavy (non-hydrogen) atoms. The van der Waals surface area contributed by atoms with Crippen molar-refractivity contribution < 1.29 is 56.4 Å². The Morgan fingerprint density at radius 3 is 0.778 bits per heavy atom. The van der Waals surface area contributed by atoms with Crippen LogP contribution in [0.4, 0.5) is 0 Å². The minimum Gasteiger partial charge on any atom is -0.464 e. The maximum Gasteiger partial charge on any atom is 0.318 e. The van der Waals surface area contributed by atoms with E-state index in [-0.39, 0.29) is 25.7 Å². The van der Waals surface area contributed by atoms with Gasteiger partial charge in [-0.05, 0) is 99.9 Å². The summed E-state index contributed by atoms with van der Waals surface area (Å²) in [5.74, 6) is 0.557. The summed E-state index contributed by atoms with van der Waals surface area (Å²) in [4.78, 5) is 71.3. The number of unbranched alkanes of at least 4 members (excludes halogenated alkanes) is 12. The number of esters is 4. The molecule has 8 aromatic rings. The molecule has 16 heteroatoms. The number of aromatic amines is 4. The van der Waals surface area contributed by atoms with Gasteiger partial charge in [0.25, 0.3) is 23.3 Å². The molecular formula is C65H88N8O8+4. The number of aromatic nitrogens is 8. The summed E-state index contributed by atoms with van der Waals surface area (Å²) in [6.45, 7) is 10.0. The summed E-state index contributed by atoms with van der Waals surface area (Å²) in [7, 11) is 0. The van der Waals surface area contributed by atoms with Crippen molar-refractivity contribution in [3.63, 3.8) is 0 Å². The van der Waals surface area contributed by atoms with Crippen molar-refractivity contribution in [2.45, 2.75) is 182 Å². The second-order valence-corrected chi connectivity index (χ2v) is 22.1. The van der Waals surface area contributed by atoms with E-state index in [1.807, 2.05) is 97.1 Å². The van der Waals surface area contributed by atoms with Crippen molar-refractivity contribution in [2.75, 3.05) is 26.4 Å². The van der Waals surface area contributed by atoms with E-state index < -0.39 is 55.7 Å². The Hall–Kier alpha value is -7.36. The number of benzene rings is 4. The predicted molar refractivity (Wildman–Crippen MR) is 312 cm³/mol. The van der Waals surface area contributed by atoms with Gasteiger partial charge in [0, 0.05) is 0 Å². The number of fused-ring (bicyclic) bond motifs is 4. The first-order chi connectivity index (χ1) is 39.6. The second kappa shape index (κ2) is 30.5. The molecular weight excluding hydrogens is 1020 g/mol. The lowest BCUT2D eigenvalue weighted by molar-refractivity contribution is -0.679. The van der Waals surface area contributed by atoms with E-state index in [1.54, 1.807) is 0 Å². The molecule has 0 amide bonds. The summed E-state index contributed by atoms with van der Waals surface area (Å²) >= 11 is 0. The van der Waals surface area contributed by atoms with Crippen LogP contribution in [-0.4, -0.2) is 70.2 Å². The third-order valence-corrected chi connectivity index (χ3v) is 15.5. The number of hydrogen-bond acceptors (Lipinski definition) is 8. The van der Waals surface area contributed by atoms with Crippen LogP contribution in [0.25, 0.3) is 44.1 Å². The molecule has 4 N–H and O–H groups in total. The lowest BCUT2D eigenvalue weighted by Crippen LogP contribution is -2.45. The fraction of sp³-hybridized carbons (Fsp3) is 0.508. The van der Waals surface area contributed by atoms with Gasteiger partial charge in [0.05, 0.1) is 26.2 Å². The summed E-state index contributed by atoms with van der Waals surface area (Å²) in [5.41, 5.74) is 6.05. The Morgan fingerprint density at radius 1 is 0.333 bits per heavy atom. The molecule has 0 fully saturated rings. The normalized spacial score (nSPS) is 11.8. The van der Waals surface area contributed by atoms with Crippen LogP contribution in [0.3, 0.4) is 0 Å². The summed E-state index contributed by atoms with van der Waals surface area (Å²) in [5, 5.41) is 0. The maximum absolute atomic E-state index is 14.4. The number of nitrogens with one attached hydrogen (secondary N) is 4. The molecule has 0 radical (unpaired) electrons. The summed E-state index contributed by atoms with van der Waals surface area (Å²) < 4.78 is 33.6. The molecule has 16 nitrogen and oxygen atoms in total. The second-order valence-electron chi connectivity index (χ2n) is 22.1. The fourth-order valence-corrected chi connectivity index (χ4v) is 11.0. The van der Waals surface area contributed by atoms with Crippen LogP contribution in [0.1, 0.15) is 154 Å². The molecule has 0 saturated heterocycles. The summed E-state index contributed by atoms with van der Waals surface area (Å²) in [6, 6.07) is 31.9. The van der Waals surface area contributed by atoms with E-state index in [0.29, 0.717) is 23.3 Å². The van der Waals surface area contributed by atoms with E-state index in [2.05, 4.69) is 65.9 Å². The van der Waals surface area contributed by atoms with Crippen molar-refractivity contribution in [1.82, 2.24) is 19.9 Å². The highest BCUT2D eigenvalue weighted by atomic mass is 16.6. The standard InChI is InChI=1S/C65H84N8O8/c1-5-9-13-25-37-70-53-33-21-17-29-49(53)66-57(70)41-61(74)78-45-65(46-79-62(75)42-58-67-50-30-18-22-34-54(50)71(58)38-26-14-10-6-2,47-80-63(76)43-59-68-51-31-19-23-35-55(51)72(59)39-27-15-11-7-3)48-81-64(77)44-60-69-52-32-20-24-36-56(52)73(60)40-28-16-12-8-4/h17-24,29-36H,5-16,25-28,37-48H2,1-4H3/p+4. The van der Waals surface area contributed by atoms with Gasteiger partial charge in [-0.2, -0.15) is 0 Å². The molecule has 0 atom stereocenters. The van der Waals surface area contributed by atoms with E-state index in [4.69, 9.17) is 18.9 Å². The van der Waals surface area contributed by atoms with Gasteiger partial charge in [-0.1, -0.05) is 128 Å². The lowest BCUT2D eigenvalue weighted by Gasteiger charge is -2.31. The molecule has 0 aliphatic heterocycles. The topological polar surface area (TPSA) is 184 Å². The van der Waals surface area contributed by atoms with E-state index in [1.165, 1.54) is 0 Å². The Kier molecular flexibility index (Phi) is 22.5. The van der Waals surface area contributed by atoms with Gasteiger partial charge in [-0.15, -0.1) is 0 Å². The minimum atomic E-state index is -1.53. The van der Waals surface area contributed by atoms with Crippen molar-refractivity contribution in [3.8, 4) is 0 Å². The molecule has 8 rings (SSSR count).